The van der Waals surface area contributed by atoms with Gasteiger partial charge in [-0.05, 0) is 38.1 Å². The van der Waals surface area contributed by atoms with Crippen molar-refractivity contribution in [1.82, 2.24) is 30.0 Å². The van der Waals surface area contributed by atoms with E-state index in [1.54, 1.807) is 19.1 Å². The third-order valence-corrected chi connectivity index (χ3v) is 6.48. The van der Waals surface area contributed by atoms with Gasteiger partial charge in [0, 0.05) is 11.3 Å². The molecule has 214 valence electrons. The largest absolute Gasteiger partial charge is 0.465 e. The van der Waals surface area contributed by atoms with Crippen molar-refractivity contribution < 1.29 is 32.3 Å². The quantitative estimate of drug-likeness (QED) is 0.159. The van der Waals surface area contributed by atoms with Gasteiger partial charge in [0.2, 0.25) is 16.0 Å². The lowest BCUT2D eigenvalue weighted by Crippen LogP contribution is -2.48. The highest BCUT2D eigenvalue weighted by molar-refractivity contribution is 7.89. The molecule has 7 N–H and O–H groups in total. The van der Waals surface area contributed by atoms with E-state index >= 15 is 0 Å². The van der Waals surface area contributed by atoms with E-state index in [0.717, 1.165) is 0 Å². The van der Waals surface area contributed by atoms with Gasteiger partial charge in [0.15, 0.2) is 17.0 Å². The normalized spacial score (nSPS) is 11.9. The van der Waals surface area contributed by atoms with Crippen LogP contribution in [0.2, 0.25) is 0 Å². The van der Waals surface area contributed by atoms with Crippen molar-refractivity contribution in [1.29, 1.82) is 0 Å². The summed E-state index contributed by atoms with van der Waals surface area (Å²) in [7, 11) is -4.15. The minimum atomic E-state index is -4.15. The van der Waals surface area contributed by atoms with Crippen LogP contribution in [0.4, 0.5) is 17.5 Å². The molecule has 1 unspecified atom stereocenters. The highest BCUT2D eigenvalue weighted by atomic mass is 32.2. The van der Waals surface area contributed by atoms with Crippen molar-refractivity contribution in [3.63, 3.8) is 0 Å². The lowest BCUT2D eigenvalue weighted by molar-refractivity contribution is -0.144. The number of amides is 1. The Balaban J connectivity index is 1.63. The number of fused-ring (bicyclic) bond motifs is 1. The summed E-state index contributed by atoms with van der Waals surface area (Å²) in [6.07, 6.45) is 1.51. The van der Waals surface area contributed by atoms with E-state index in [9.17, 15) is 22.8 Å². The second-order valence-corrected chi connectivity index (χ2v) is 9.97. The Morgan fingerprint density at radius 3 is 2.38 bits per heavy atom. The first-order chi connectivity index (χ1) is 19.0. The van der Waals surface area contributed by atoms with Crippen molar-refractivity contribution in [2.24, 2.45) is 0 Å². The van der Waals surface area contributed by atoms with Crippen LogP contribution in [0.25, 0.3) is 11.2 Å². The summed E-state index contributed by atoms with van der Waals surface area (Å²) in [5, 5.41) is 5.49. The third kappa shape index (κ3) is 8.43. The van der Waals surface area contributed by atoms with Crippen LogP contribution >= 0.6 is 0 Å². The molecule has 0 fully saturated rings. The number of carbonyl (C=O) groups is 3. The monoisotopic (exact) mass is 575 g/mol. The number of nitrogens with two attached hydrogens (primary N) is 2. The predicted octanol–water partition coefficient (Wildman–Crippen LogP) is -0.660. The fourth-order valence-corrected chi connectivity index (χ4v) is 4.43. The van der Waals surface area contributed by atoms with Crippen molar-refractivity contribution in [2.45, 2.75) is 26.4 Å². The average Bonchev–Trinajstić information content (AvgIpc) is 2.91. The molecular formula is C23H29N9O7S. The van der Waals surface area contributed by atoms with Crippen molar-refractivity contribution in [2.75, 3.05) is 42.3 Å². The summed E-state index contributed by atoms with van der Waals surface area (Å²) in [4.78, 5) is 53.0. The van der Waals surface area contributed by atoms with E-state index in [-0.39, 0.29) is 42.7 Å². The number of hydrogen-bond donors (Lipinski definition) is 5. The van der Waals surface area contributed by atoms with Gasteiger partial charge in [-0.3, -0.25) is 9.59 Å². The first kappa shape index (κ1) is 29.9. The number of carbonyl (C=O) groups excluding carboxylic acids is 3. The van der Waals surface area contributed by atoms with Gasteiger partial charge in [-0.15, -0.1) is 0 Å². The topological polar surface area (TPSA) is 244 Å². The zero-order chi connectivity index (χ0) is 29.3. The van der Waals surface area contributed by atoms with Crippen LogP contribution < -0.4 is 26.8 Å². The summed E-state index contributed by atoms with van der Waals surface area (Å²) in [6, 6.07) is 4.66. The SMILES string of the molecule is CCOC(=O)CNS(=O)(=O)CC(NC(=O)c1ccc(NCc2cnc3nc(N)nc(N)c3n2)cc1)C(=O)OCC. The smallest absolute Gasteiger partial charge is 0.329 e. The number of nitrogens with one attached hydrogen (secondary N) is 3. The lowest BCUT2D eigenvalue weighted by Gasteiger charge is -2.18. The second kappa shape index (κ2) is 13.4. The molecule has 17 heteroatoms. The maximum absolute atomic E-state index is 12.8. The Morgan fingerprint density at radius 1 is 1.00 bits per heavy atom. The van der Waals surface area contributed by atoms with E-state index in [0.29, 0.717) is 16.9 Å². The molecule has 3 rings (SSSR count). The molecule has 1 atom stereocenters. The Morgan fingerprint density at radius 2 is 1.70 bits per heavy atom. The Hall–Kier alpha value is -4.64. The Labute approximate surface area is 229 Å². The minimum Gasteiger partial charge on any atom is -0.465 e. The van der Waals surface area contributed by atoms with Gasteiger partial charge < -0.3 is 31.6 Å². The number of esters is 2. The number of hydrogen-bond acceptors (Lipinski definition) is 14. The molecule has 1 amide bonds. The Kier molecular flexibility index (Phi) is 10.0. The lowest BCUT2D eigenvalue weighted by atomic mass is 10.1. The molecule has 2 aromatic heterocycles. The molecule has 40 heavy (non-hydrogen) atoms. The summed E-state index contributed by atoms with van der Waals surface area (Å²) in [5.74, 6) is -3.18. The molecule has 16 nitrogen and oxygen atoms in total. The fourth-order valence-electron chi connectivity index (χ4n) is 3.31. The third-order valence-electron chi connectivity index (χ3n) is 5.13. The summed E-state index contributed by atoms with van der Waals surface area (Å²) in [5.41, 5.74) is 13.3. The summed E-state index contributed by atoms with van der Waals surface area (Å²) < 4.78 is 36.4. The van der Waals surface area contributed by atoms with Crippen LogP contribution in [-0.2, 0) is 35.6 Å². The van der Waals surface area contributed by atoms with Crippen LogP contribution in [-0.4, -0.2) is 77.8 Å². The predicted molar refractivity (Wildman–Crippen MR) is 144 cm³/mol. The molecule has 0 aliphatic carbocycles. The van der Waals surface area contributed by atoms with Crippen LogP contribution in [0.3, 0.4) is 0 Å². The van der Waals surface area contributed by atoms with Gasteiger partial charge in [-0.2, -0.15) is 9.97 Å². The number of ether oxygens (including phenoxy) is 2. The maximum atomic E-state index is 12.8. The highest BCUT2D eigenvalue weighted by Gasteiger charge is 2.29. The molecule has 0 saturated carbocycles. The molecule has 0 bridgehead atoms. The van der Waals surface area contributed by atoms with Gasteiger partial charge in [-0.1, -0.05) is 0 Å². The van der Waals surface area contributed by atoms with E-state index in [1.807, 2.05) is 4.72 Å². The highest BCUT2D eigenvalue weighted by Crippen LogP contribution is 2.16. The first-order valence-electron chi connectivity index (χ1n) is 12.0. The number of aromatic nitrogens is 4. The summed E-state index contributed by atoms with van der Waals surface area (Å²) in [6.45, 7) is 2.81. The van der Waals surface area contributed by atoms with Gasteiger partial charge in [0.1, 0.15) is 12.6 Å². The van der Waals surface area contributed by atoms with E-state index in [1.165, 1.54) is 25.3 Å². The van der Waals surface area contributed by atoms with Crippen molar-refractivity contribution in [3.05, 3.63) is 41.7 Å². The molecule has 2 heterocycles. The van der Waals surface area contributed by atoms with Crippen molar-refractivity contribution in [3.8, 4) is 0 Å². The first-order valence-corrected chi connectivity index (χ1v) is 13.7. The fraction of sp³-hybridized carbons (Fsp3) is 0.348. The molecule has 1 aromatic carbocycles. The zero-order valence-electron chi connectivity index (χ0n) is 21.7. The number of nitrogens with zero attached hydrogens (tertiary/aromatic N) is 4. The van der Waals surface area contributed by atoms with Crippen LogP contribution in [0.15, 0.2) is 30.5 Å². The summed E-state index contributed by atoms with van der Waals surface area (Å²) >= 11 is 0. The standard InChI is InChI=1S/C23H29N9O7S/c1-3-38-17(33)11-28-40(36,37)12-16(22(35)39-4-2)30-21(34)13-5-7-14(8-6-13)26-9-15-10-27-20-18(29-15)19(24)31-23(25)32-20/h5-8,10,16,26,28H,3-4,9,11-12H2,1-2H3,(H,30,34)(H4,24,25,27,31,32). The number of rotatable bonds is 13. The van der Waals surface area contributed by atoms with Crippen LogP contribution in [0.5, 0.6) is 0 Å². The molecular weight excluding hydrogens is 546 g/mol. The molecule has 0 aliphatic rings. The molecule has 0 spiro atoms. The van der Waals surface area contributed by atoms with E-state index in [4.69, 9.17) is 16.2 Å². The zero-order valence-corrected chi connectivity index (χ0v) is 22.5. The second-order valence-electron chi connectivity index (χ2n) is 8.12. The van der Waals surface area contributed by atoms with E-state index in [2.05, 4.69) is 35.3 Å². The minimum absolute atomic E-state index is 0.00447. The number of anilines is 3. The van der Waals surface area contributed by atoms with Crippen LogP contribution in [0.1, 0.15) is 29.9 Å². The molecule has 3 aromatic rings. The van der Waals surface area contributed by atoms with E-state index < -0.39 is 46.2 Å². The average molecular weight is 576 g/mol. The Bertz CT molecular complexity index is 1480. The van der Waals surface area contributed by atoms with Crippen LogP contribution in [0, 0.1) is 0 Å². The molecule has 0 aliphatic heterocycles. The van der Waals surface area contributed by atoms with Gasteiger partial charge >= 0.3 is 11.9 Å². The molecule has 0 radical (unpaired) electrons. The number of nitrogen functional groups attached to an aromatic ring is 2. The molecule has 0 saturated heterocycles. The number of sulfonamides is 1. The maximum Gasteiger partial charge on any atom is 0.329 e. The van der Waals surface area contributed by atoms with Crippen molar-refractivity contribution >= 4 is 56.5 Å². The van der Waals surface area contributed by atoms with Gasteiger partial charge in [-0.25, -0.2) is 27.9 Å². The number of benzene rings is 1. The van der Waals surface area contributed by atoms with Gasteiger partial charge in [0.25, 0.3) is 5.91 Å². The van der Waals surface area contributed by atoms with Gasteiger partial charge in [0.05, 0.1) is 37.4 Å².